The zero-order valence-electron chi connectivity index (χ0n) is 11.6. The van der Waals surface area contributed by atoms with E-state index in [4.69, 9.17) is 4.42 Å². The Labute approximate surface area is 115 Å². The molecule has 0 aliphatic carbocycles. The van der Waals surface area contributed by atoms with Crippen LogP contribution in [0.3, 0.4) is 0 Å². The van der Waals surface area contributed by atoms with Gasteiger partial charge in [-0.1, -0.05) is 37.3 Å². The first-order chi connectivity index (χ1) is 9.38. The molecule has 0 saturated heterocycles. The molecule has 1 N–H and O–H groups in total. The van der Waals surface area contributed by atoms with Crippen molar-refractivity contribution in [2.45, 2.75) is 38.6 Å². The third kappa shape index (κ3) is 4.92. The average molecular weight is 257 g/mol. The van der Waals surface area contributed by atoms with E-state index in [1.54, 1.807) is 6.26 Å². The lowest BCUT2D eigenvalue weighted by Crippen LogP contribution is -2.30. The maximum atomic E-state index is 5.14. The van der Waals surface area contributed by atoms with Gasteiger partial charge in [-0.05, 0) is 49.4 Å². The van der Waals surface area contributed by atoms with E-state index in [1.165, 1.54) is 24.0 Å². The number of aryl methyl sites for hydroxylation is 1. The highest BCUT2D eigenvalue weighted by Crippen LogP contribution is 2.11. The minimum atomic E-state index is 0.548. The van der Waals surface area contributed by atoms with Crippen LogP contribution in [0.1, 0.15) is 30.9 Å². The first-order valence-electron chi connectivity index (χ1n) is 7.17. The molecule has 2 nitrogen and oxygen atoms in total. The lowest BCUT2D eigenvalue weighted by Gasteiger charge is -2.17. The van der Waals surface area contributed by atoms with Gasteiger partial charge in [0.25, 0.3) is 0 Å². The zero-order valence-corrected chi connectivity index (χ0v) is 11.6. The van der Waals surface area contributed by atoms with Gasteiger partial charge in [-0.15, -0.1) is 0 Å². The molecule has 0 aliphatic heterocycles. The average Bonchev–Trinajstić information content (AvgIpc) is 2.93. The summed E-state index contributed by atoms with van der Waals surface area (Å²) in [4.78, 5) is 0. The fourth-order valence-electron chi connectivity index (χ4n) is 2.46. The van der Waals surface area contributed by atoms with E-state index in [0.717, 1.165) is 19.4 Å². The van der Waals surface area contributed by atoms with E-state index < -0.39 is 0 Å². The van der Waals surface area contributed by atoms with Gasteiger partial charge in [0.05, 0.1) is 12.5 Å². The molecular formula is C17H23NO. The molecule has 2 aromatic rings. The Balaban J connectivity index is 1.77. The van der Waals surface area contributed by atoms with Crippen molar-refractivity contribution in [3.05, 3.63) is 60.1 Å². The number of hydrogen-bond donors (Lipinski definition) is 1. The summed E-state index contributed by atoms with van der Waals surface area (Å²) in [7, 11) is 0. The minimum Gasteiger partial charge on any atom is -0.472 e. The van der Waals surface area contributed by atoms with E-state index in [9.17, 15) is 0 Å². The van der Waals surface area contributed by atoms with Gasteiger partial charge < -0.3 is 9.73 Å². The Morgan fingerprint density at radius 1 is 1.11 bits per heavy atom. The van der Waals surface area contributed by atoms with Gasteiger partial charge in [0, 0.05) is 6.04 Å². The SMILES string of the molecule is CCNC(CCCc1ccccc1)Cc1ccoc1. The molecule has 0 bridgehead atoms. The summed E-state index contributed by atoms with van der Waals surface area (Å²) in [5.74, 6) is 0. The third-order valence-corrected chi connectivity index (χ3v) is 3.42. The van der Waals surface area contributed by atoms with E-state index in [-0.39, 0.29) is 0 Å². The van der Waals surface area contributed by atoms with Crippen molar-refractivity contribution >= 4 is 0 Å². The summed E-state index contributed by atoms with van der Waals surface area (Å²) in [6.07, 6.45) is 8.24. The molecule has 0 amide bonds. The van der Waals surface area contributed by atoms with Crippen molar-refractivity contribution in [3.8, 4) is 0 Å². The van der Waals surface area contributed by atoms with Crippen LogP contribution in [0.4, 0.5) is 0 Å². The fourth-order valence-corrected chi connectivity index (χ4v) is 2.46. The quantitative estimate of drug-likeness (QED) is 0.777. The van der Waals surface area contributed by atoms with Crippen molar-refractivity contribution in [3.63, 3.8) is 0 Å². The number of hydrogen-bond acceptors (Lipinski definition) is 2. The number of furan rings is 1. The van der Waals surface area contributed by atoms with Crippen LogP contribution >= 0.6 is 0 Å². The van der Waals surface area contributed by atoms with E-state index in [2.05, 4.69) is 48.6 Å². The van der Waals surface area contributed by atoms with Gasteiger partial charge >= 0.3 is 0 Å². The maximum Gasteiger partial charge on any atom is 0.0935 e. The molecule has 2 heteroatoms. The summed E-state index contributed by atoms with van der Waals surface area (Å²) in [6.45, 7) is 3.19. The van der Waals surface area contributed by atoms with Crippen LogP contribution in [-0.2, 0) is 12.8 Å². The van der Waals surface area contributed by atoms with Gasteiger partial charge in [-0.25, -0.2) is 0 Å². The van der Waals surface area contributed by atoms with Crippen LogP contribution < -0.4 is 5.32 Å². The highest BCUT2D eigenvalue weighted by atomic mass is 16.3. The first kappa shape index (κ1) is 13.9. The number of benzene rings is 1. The van der Waals surface area contributed by atoms with Crippen molar-refractivity contribution in [1.82, 2.24) is 5.32 Å². The molecule has 0 saturated carbocycles. The van der Waals surface area contributed by atoms with Gasteiger partial charge in [-0.2, -0.15) is 0 Å². The highest BCUT2D eigenvalue weighted by Gasteiger charge is 2.09. The molecule has 1 heterocycles. The maximum absolute atomic E-state index is 5.14. The Morgan fingerprint density at radius 2 is 1.95 bits per heavy atom. The standard InChI is InChI=1S/C17H23NO/c1-2-18-17(13-16-11-12-19-14-16)10-6-9-15-7-4-3-5-8-15/h3-5,7-8,11-12,14,17-18H,2,6,9-10,13H2,1H3. The molecule has 19 heavy (non-hydrogen) atoms. The van der Waals surface area contributed by atoms with Gasteiger partial charge in [0.2, 0.25) is 0 Å². The molecule has 102 valence electrons. The summed E-state index contributed by atoms with van der Waals surface area (Å²) in [6, 6.07) is 13.3. The Morgan fingerprint density at radius 3 is 2.63 bits per heavy atom. The second-order valence-corrected chi connectivity index (χ2v) is 4.97. The van der Waals surface area contributed by atoms with Crippen LogP contribution in [0.5, 0.6) is 0 Å². The van der Waals surface area contributed by atoms with Crippen molar-refractivity contribution in [2.24, 2.45) is 0 Å². The third-order valence-electron chi connectivity index (χ3n) is 3.42. The Bertz CT molecular complexity index is 436. The smallest absolute Gasteiger partial charge is 0.0935 e. The number of nitrogens with one attached hydrogen (secondary N) is 1. The molecular weight excluding hydrogens is 234 g/mol. The van der Waals surface area contributed by atoms with E-state index >= 15 is 0 Å². The van der Waals surface area contributed by atoms with Crippen LogP contribution in [0.2, 0.25) is 0 Å². The predicted octanol–water partition coefficient (Wildman–Crippen LogP) is 3.82. The molecule has 0 fully saturated rings. The van der Waals surface area contributed by atoms with Crippen molar-refractivity contribution in [1.29, 1.82) is 0 Å². The monoisotopic (exact) mass is 257 g/mol. The second-order valence-electron chi connectivity index (χ2n) is 4.97. The van der Waals surface area contributed by atoms with Gasteiger partial charge in [0.15, 0.2) is 0 Å². The molecule has 1 atom stereocenters. The summed E-state index contributed by atoms with van der Waals surface area (Å²) in [5, 5.41) is 3.57. The van der Waals surface area contributed by atoms with Crippen molar-refractivity contribution in [2.75, 3.05) is 6.54 Å². The Kier molecular flexibility index (Phi) is 5.70. The Hall–Kier alpha value is -1.54. The topological polar surface area (TPSA) is 25.2 Å². The van der Waals surface area contributed by atoms with Crippen LogP contribution in [0.25, 0.3) is 0 Å². The van der Waals surface area contributed by atoms with E-state index in [1.807, 2.05) is 6.26 Å². The zero-order chi connectivity index (χ0) is 13.3. The lowest BCUT2D eigenvalue weighted by molar-refractivity contribution is 0.473. The summed E-state index contributed by atoms with van der Waals surface area (Å²) in [5.41, 5.74) is 2.71. The minimum absolute atomic E-state index is 0.548. The molecule has 0 spiro atoms. The molecule has 1 aromatic heterocycles. The van der Waals surface area contributed by atoms with E-state index in [0.29, 0.717) is 6.04 Å². The molecule has 2 rings (SSSR count). The lowest BCUT2D eigenvalue weighted by atomic mass is 10.0. The first-order valence-corrected chi connectivity index (χ1v) is 7.17. The van der Waals surface area contributed by atoms with Crippen LogP contribution in [0, 0.1) is 0 Å². The van der Waals surface area contributed by atoms with Gasteiger partial charge in [0.1, 0.15) is 0 Å². The summed E-state index contributed by atoms with van der Waals surface area (Å²) >= 11 is 0. The molecule has 1 aromatic carbocycles. The summed E-state index contributed by atoms with van der Waals surface area (Å²) < 4.78 is 5.14. The van der Waals surface area contributed by atoms with Crippen molar-refractivity contribution < 1.29 is 4.42 Å². The molecule has 0 radical (unpaired) electrons. The highest BCUT2D eigenvalue weighted by molar-refractivity contribution is 5.14. The predicted molar refractivity (Wildman–Crippen MR) is 79.3 cm³/mol. The fraction of sp³-hybridized carbons (Fsp3) is 0.412. The largest absolute Gasteiger partial charge is 0.472 e. The van der Waals surface area contributed by atoms with Gasteiger partial charge in [-0.3, -0.25) is 0 Å². The number of rotatable bonds is 8. The second kappa shape index (κ2) is 7.80. The van der Waals surface area contributed by atoms with Crippen LogP contribution in [-0.4, -0.2) is 12.6 Å². The molecule has 0 aliphatic rings. The molecule has 1 unspecified atom stereocenters. The number of likely N-dealkylation sites (N-methyl/N-ethyl adjacent to an activating group) is 1. The van der Waals surface area contributed by atoms with Crippen LogP contribution in [0.15, 0.2) is 53.3 Å². The normalized spacial score (nSPS) is 12.5.